The van der Waals surface area contributed by atoms with Gasteiger partial charge >= 0.3 is 0 Å². The van der Waals surface area contributed by atoms with E-state index in [1.165, 1.54) is 0 Å². The second kappa shape index (κ2) is 6.69. The predicted molar refractivity (Wildman–Crippen MR) is 111 cm³/mol. The van der Waals surface area contributed by atoms with Gasteiger partial charge in [0.2, 0.25) is 5.84 Å². The van der Waals surface area contributed by atoms with E-state index in [-0.39, 0.29) is 5.91 Å². The maximum absolute atomic E-state index is 12.9. The molecule has 6 heteroatoms. The molecule has 0 radical (unpaired) electrons. The maximum atomic E-state index is 12.9. The van der Waals surface area contributed by atoms with Gasteiger partial charge in [0.1, 0.15) is 5.16 Å². The number of H-pyrrole nitrogens is 1. The van der Waals surface area contributed by atoms with Crippen LogP contribution in [-0.4, -0.2) is 33.1 Å². The van der Waals surface area contributed by atoms with Crippen molar-refractivity contribution in [2.75, 3.05) is 6.54 Å². The first-order valence-electron chi connectivity index (χ1n) is 9.03. The number of hydrogen-bond acceptors (Lipinski definition) is 3. The van der Waals surface area contributed by atoms with Crippen molar-refractivity contribution in [2.24, 2.45) is 4.99 Å². The van der Waals surface area contributed by atoms with E-state index in [4.69, 9.17) is 11.6 Å². The second-order valence-electron chi connectivity index (χ2n) is 6.81. The number of fused-ring (bicyclic) bond motifs is 2. The average Bonchev–Trinajstić information content (AvgIpc) is 3.34. The van der Waals surface area contributed by atoms with Gasteiger partial charge in [-0.3, -0.25) is 14.7 Å². The van der Waals surface area contributed by atoms with Crippen LogP contribution in [0.4, 0.5) is 0 Å². The van der Waals surface area contributed by atoms with E-state index in [1.807, 2.05) is 60.8 Å². The van der Waals surface area contributed by atoms with Crippen LogP contribution in [0.3, 0.4) is 0 Å². The Morgan fingerprint density at radius 2 is 2.00 bits per heavy atom. The largest absolute Gasteiger partial charge is 0.361 e. The fourth-order valence-electron chi connectivity index (χ4n) is 3.57. The number of hydrogen-bond donors (Lipinski definition) is 1. The summed E-state index contributed by atoms with van der Waals surface area (Å²) in [7, 11) is 0. The third kappa shape index (κ3) is 2.90. The second-order valence-corrected chi connectivity index (χ2v) is 7.19. The van der Waals surface area contributed by atoms with Crippen molar-refractivity contribution >= 4 is 40.3 Å². The van der Waals surface area contributed by atoms with Crippen LogP contribution in [0.15, 0.2) is 82.8 Å². The first-order valence-corrected chi connectivity index (χ1v) is 9.41. The fourth-order valence-corrected chi connectivity index (χ4v) is 3.88. The quantitative estimate of drug-likeness (QED) is 0.680. The van der Waals surface area contributed by atoms with Gasteiger partial charge in [0.05, 0.1) is 13.1 Å². The Labute approximate surface area is 167 Å². The number of aromatic nitrogens is 1. The molecule has 0 atom stereocenters. The highest BCUT2D eigenvalue weighted by atomic mass is 35.5. The summed E-state index contributed by atoms with van der Waals surface area (Å²) in [5.74, 6) is 0.232. The van der Waals surface area contributed by atoms with Crippen molar-refractivity contribution in [3.05, 3.63) is 89.0 Å². The lowest BCUT2D eigenvalue weighted by atomic mass is 10.1. The molecule has 3 heterocycles. The molecular weight excluding hydrogens is 372 g/mol. The number of nitrogens with one attached hydrogen (secondary N) is 1. The third-order valence-electron chi connectivity index (χ3n) is 4.92. The number of rotatable bonds is 3. The van der Waals surface area contributed by atoms with E-state index in [0.717, 1.165) is 27.7 Å². The Balaban J connectivity index is 1.45. The highest BCUT2D eigenvalue weighted by molar-refractivity contribution is 6.43. The number of halogens is 1. The Morgan fingerprint density at radius 3 is 2.86 bits per heavy atom. The smallest absolute Gasteiger partial charge is 0.294 e. The topological polar surface area (TPSA) is 51.7 Å². The van der Waals surface area contributed by atoms with Crippen molar-refractivity contribution in [2.45, 2.75) is 6.54 Å². The van der Waals surface area contributed by atoms with E-state index in [9.17, 15) is 4.79 Å². The van der Waals surface area contributed by atoms with Crippen molar-refractivity contribution < 1.29 is 4.79 Å². The molecule has 5 rings (SSSR count). The molecule has 28 heavy (non-hydrogen) atoms. The maximum Gasteiger partial charge on any atom is 0.294 e. The molecule has 0 saturated carbocycles. The summed E-state index contributed by atoms with van der Waals surface area (Å²) in [4.78, 5) is 23.9. The molecule has 0 bridgehead atoms. The van der Waals surface area contributed by atoms with Crippen LogP contribution in [0.1, 0.15) is 11.1 Å². The molecule has 138 valence electrons. The van der Waals surface area contributed by atoms with Crippen LogP contribution in [-0.2, 0) is 11.3 Å². The number of benzene rings is 2. The number of amidine groups is 1. The fraction of sp³-hybridized carbons (Fsp3) is 0.0909. The Bertz CT molecular complexity index is 1160. The molecular formula is C22H17ClN4O. The van der Waals surface area contributed by atoms with Crippen LogP contribution in [0.25, 0.3) is 17.0 Å². The molecule has 2 aromatic carbocycles. The number of nitrogens with zero attached hydrogens (tertiary/aromatic N) is 3. The van der Waals surface area contributed by atoms with E-state index >= 15 is 0 Å². The minimum absolute atomic E-state index is 0.141. The molecule has 0 unspecified atom stereocenters. The van der Waals surface area contributed by atoms with Crippen LogP contribution in [0.2, 0.25) is 0 Å². The summed E-state index contributed by atoms with van der Waals surface area (Å²) in [5, 5.41) is 1.61. The predicted octanol–water partition coefficient (Wildman–Crippen LogP) is 4.30. The van der Waals surface area contributed by atoms with Gasteiger partial charge in [-0.15, -0.1) is 0 Å². The molecule has 2 aliphatic rings. The van der Waals surface area contributed by atoms with Gasteiger partial charge in [-0.05, 0) is 40.8 Å². The lowest BCUT2D eigenvalue weighted by molar-refractivity contribution is -0.123. The lowest BCUT2D eigenvalue weighted by Crippen LogP contribution is -2.43. The van der Waals surface area contributed by atoms with E-state index in [0.29, 0.717) is 24.1 Å². The van der Waals surface area contributed by atoms with Crippen LogP contribution in [0.5, 0.6) is 0 Å². The van der Waals surface area contributed by atoms with E-state index in [1.54, 1.807) is 16.0 Å². The highest BCUT2D eigenvalue weighted by Crippen LogP contribution is 2.30. The molecule has 1 N–H and O–H groups in total. The first-order chi connectivity index (χ1) is 13.7. The Hall–Kier alpha value is -3.31. The molecule has 0 saturated heterocycles. The summed E-state index contributed by atoms with van der Waals surface area (Å²) >= 11 is 6.55. The standard InChI is InChI=1S/C22H17ClN4O/c23-20-14-26(13-15-4-2-1-3-5-15)22(28)21-25-12-18(27(20)21)11-16-6-7-19-17(10-16)8-9-24-19/h1-11,14,24H,12-13H2/b18-11-. The van der Waals surface area contributed by atoms with Crippen LogP contribution >= 0.6 is 11.6 Å². The molecule has 1 aromatic heterocycles. The summed E-state index contributed by atoms with van der Waals surface area (Å²) in [6, 6.07) is 18.0. The van der Waals surface area contributed by atoms with E-state index < -0.39 is 0 Å². The van der Waals surface area contributed by atoms with Crippen molar-refractivity contribution in [3.63, 3.8) is 0 Å². The van der Waals surface area contributed by atoms with Crippen molar-refractivity contribution in [3.8, 4) is 0 Å². The van der Waals surface area contributed by atoms with Crippen molar-refractivity contribution in [1.82, 2.24) is 14.8 Å². The minimum Gasteiger partial charge on any atom is -0.361 e. The number of aliphatic imine (C=N–C) groups is 1. The van der Waals surface area contributed by atoms with E-state index in [2.05, 4.69) is 16.0 Å². The van der Waals surface area contributed by atoms with Gasteiger partial charge in [-0.1, -0.05) is 48.0 Å². The lowest BCUT2D eigenvalue weighted by Gasteiger charge is -2.30. The number of carbonyl (C=O) groups is 1. The zero-order valence-corrected chi connectivity index (χ0v) is 15.7. The molecule has 1 amide bonds. The minimum atomic E-state index is -0.141. The Kier molecular flexibility index (Phi) is 4.02. The number of amides is 1. The SMILES string of the molecule is O=C1C2=NC/C(=C/c3ccc4[nH]ccc4c3)N2C(Cl)=CN1Cc1ccccc1. The number of carbonyl (C=O) groups excluding carboxylic acids is 1. The molecule has 2 aliphatic heterocycles. The molecule has 0 fully saturated rings. The summed E-state index contributed by atoms with van der Waals surface area (Å²) in [5.41, 5.74) is 4.06. The van der Waals surface area contributed by atoms with Crippen molar-refractivity contribution in [1.29, 1.82) is 0 Å². The zero-order chi connectivity index (χ0) is 19.1. The number of aromatic amines is 1. The molecule has 0 spiro atoms. The van der Waals surface area contributed by atoms with Gasteiger partial charge in [-0.2, -0.15) is 0 Å². The Morgan fingerprint density at radius 1 is 1.14 bits per heavy atom. The molecule has 3 aromatic rings. The van der Waals surface area contributed by atoms with Gasteiger partial charge in [0, 0.05) is 23.6 Å². The van der Waals surface area contributed by atoms with Crippen LogP contribution in [0, 0.1) is 0 Å². The monoisotopic (exact) mass is 388 g/mol. The molecule has 0 aliphatic carbocycles. The van der Waals surface area contributed by atoms with Gasteiger partial charge in [0.25, 0.3) is 5.91 Å². The third-order valence-corrected chi connectivity index (χ3v) is 5.19. The zero-order valence-electron chi connectivity index (χ0n) is 15.0. The average molecular weight is 389 g/mol. The normalized spacial score (nSPS) is 17.9. The van der Waals surface area contributed by atoms with Gasteiger partial charge in [0.15, 0.2) is 0 Å². The van der Waals surface area contributed by atoms with Gasteiger partial charge in [-0.25, -0.2) is 0 Å². The summed E-state index contributed by atoms with van der Waals surface area (Å²) in [6.45, 7) is 0.890. The molecule has 5 nitrogen and oxygen atoms in total. The first kappa shape index (κ1) is 16.8. The summed E-state index contributed by atoms with van der Waals surface area (Å²) < 4.78 is 0. The van der Waals surface area contributed by atoms with Crippen LogP contribution < -0.4 is 0 Å². The summed E-state index contributed by atoms with van der Waals surface area (Å²) in [6.07, 6.45) is 5.63. The van der Waals surface area contributed by atoms with Gasteiger partial charge < -0.3 is 9.88 Å². The highest BCUT2D eigenvalue weighted by Gasteiger charge is 2.36.